The number of rotatable bonds is 9. The van der Waals surface area contributed by atoms with E-state index in [1.165, 1.54) is 11.1 Å². The van der Waals surface area contributed by atoms with E-state index >= 15 is 0 Å². The number of allylic oxidation sites excluding steroid dienone is 12. The zero-order valence-corrected chi connectivity index (χ0v) is 11.9. The van der Waals surface area contributed by atoms with E-state index in [2.05, 4.69) is 45.4 Å². The Morgan fingerprint density at radius 1 is 0.895 bits per heavy atom. The third kappa shape index (κ3) is 8.62. The minimum absolute atomic E-state index is 0.365. The van der Waals surface area contributed by atoms with E-state index < -0.39 is 0 Å². The molecule has 100 valence electrons. The summed E-state index contributed by atoms with van der Waals surface area (Å²) in [7, 11) is 0. The Hall–Kier alpha value is -2.08. The average molecular weight is 252 g/mol. The molecule has 0 amide bonds. The van der Waals surface area contributed by atoms with E-state index in [1.54, 1.807) is 18.2 Å². The fourth-order valence-electron chi connectivity index (χ4n) is 1.43. The van der Waals surface area contributed by atoms with Gasteiger partial charge in [0.15, 0.2) is 0 Å². The Bertz CT molecular complexity index is 425. The van der Waals surface area contributed by atoms with Crippen LogP contribution in [-0.2, 0) is 0 Å². The molecule has 0 saturated heterocycles. The minimum atomic E-state index is 0.365. The van der Waals surface area contributed by atoms with Crippen molar-refractivity contribution in [3.63, 3.8) is 0 Å². The Kier molecular flexibility index (Phi) is 9.83. The Labute approximate surface area is 118 Å². The van der Waals surface area contributed by atoms with Gasteiger partial charge in [-0.25, -0.2) is 0 Å². The SMILES string of the molecule is C=C/C=C\C(=C/C=C)CC(/C=C\C(C)C=C)=C/C=C. The van der Waals surface area contributed by atoms with Crippen molar-refractivity contribution >= 4 is 0 Å². The van der Waals surface area contributed by atoms with Gasteiger partial charge < -0.3 is 0 Å². The lowest BCUT2D eigenvalue weighted by molar-refractivity contribution is 0.940. The Morgan fingerprint density at radius 2 is 1.47 bits per heavy atom. The highest BCUT2D eigenvalue weighted by atomic mass is 14.0. The summed E-state index contributed by atoms with van der Waals surface area (Å²) in [6.45, 7) is 17.1. The lowest BCUT2D eigenvalue weighted by atomic mass is 10.0. The van der Waals surface area contributed by atoms with Gasteiger partial charge in [0, 0.05) is 0 Å². The van der Waals surface area contributed by atoms with Crippen molar-refractivity contribution < 1.29 is 0 Å². The standard InChI is InChI=1S/C19H24/c1-6-10-13-18(11-7-2)16-19(12-8-3)15-14-17(5)9-4/h6-15,17H,1-4,16H2,5H3/b13-10-,15-14-,18-11+,19-12+. The van der Waals surface area contributed by atoms with Crippen LogP contribution in [0.4, 0.5) is 0 Å². The van der Waals surface area contributed by atoms with E-state index in [-0.39, 0.29) is 0 Å². The first kappa shape index (κ1) is 16.9. The van der Waals surface area contributed by atoms with Gasteiger partial charge >= 0.3 is 0 Å². The van der Waals surface area contributed by atoms with E-state index in [4.69, 9.17) is 0 Å². The molecule has 0 aromatic rings. The summed E-state index contributed by atoms with van der Waals surface area (Å²) in [4.78, 5) is 0. The van der Waals surface area contributed by atoms with E-state index in [0.29, 0.717) is 5.92 Å². The summed E-state index contributed by atoms with van der Waals surface area (Å²) < 4.78 is 0. The second-order valence-electron chi connectivity index (χ2n) is 4.18. The van der Waals surface area contributed by atoms with E-state index in [1.807, 2.05) is 30.4 Å². The summed E-state index contributed by atoms with van der Waals surface area (Å²) in [6.07, 6.45) is 20.4. The van der Waals surface area contributed by atoms with Crippen LogP contribution in [0.2, 0.25) is 0 Å². The monoisotopic (exact) mass is 252 g/mol. The molecule has 1 unspecified atom stereocenters. The number of hydrogen-bond acceptors (Lipinski definition) is 0. The van der Waals surface area contributed by atoms with Crippen LogP contribution in [0.25, 0.3) is 0 Å². The third-order valence-electron chi connectivity index (χ3n) is 2.50. The van der Waals surface area contributed by atoms with Crippen molar-refractivity contribution in [1.82, 2.24) is 0 Å². The molecule has 0 radical (unpaired) electrons. The third-order valence-corrected chi connectivity index (χ3v) is 2.50. The molecule has 0 heteroatoms. The molecule has 1 atom stereocenters. The molecule has 0 heterocycles. The predicted molar refractivity (Wildman–Crippen MR) is 89.0 cm³/mol. The first-order chi connectivity index (χ1) is 9.17. The van der Waals surface area contributed by atoms with E-state index in [9.17, 15) is 0 Å². The van der Waals surface area contributed by atoms with Crippen LogP contribution >= 0.6 is 0 Å². The molecule has 0 aromatic carbocycles. The first-order valence-corrected chi connectivity index (χ1v) is 6.41. The molecule has 0 aliphatic heterocycles. The Morgan fingerprint density at radius 3 is 1.95 bits per heavy atom. The summed E-state index contributed by atoms with van der Waals surface area (Å²) >= 11 is 0. The van der Waals surface area contributed by atoms with Crippen molar-refractivity contribution in [3.05, 3.63) is 98.2 Å². The van der Waals surface area contributed by atoms with Crippen molar-refractivity contribution in [2.24, 2.45) is 5.92 Å². The highest BCUT2D eigenvalue weighted by molar-refractivity contribution is 5.35. The molecule has 0 fully saturated rings. The maximum atomic E-state index is 3.78. The molecular formula is C19H24. The highest BCUT2D eigenvalue weighted by Crippen LogP contribution is 2.15. The second-order valence-corrected chi connectivity index (χ2v) is 4.18. The lowest BCUT2D eigenvalue weighted by Gasteiger charge is -2.04. The van der Waals surface area contributed by atoms with Gasteiger partial charge in [-0.1, -0.05) is 87.4 Å². The largest absolute Gasteiger partial charge is 0.102 e. The van der Waals surface area contributed by atoms with Gasteiger partial charge in [0.25, 0.3) is 0 Å². The molecule has 0 rings (SSSR count). The fraction of sp³-hybridized carbons (Fsp3) is 0.158. The van der Waals surface area contributed by atoms with Gasteiger partial charge in [0.05, 0.1) is 0 Å². The van der Waals surface area contributed by atoms with Crippen LogP contribution < -0.4 is 0 Å². The molecule has 0 saturated carbocycles. The number of hydrogen-bond donors (Lipinski definition) is 0. The predicted octanol–water partition coefficient (Wildman–Crippen LogP) is 5.72. The zero-order chi connectivity index (χ0) is 14.5. The second kappa shape index (κ2) is 11.0. The fourth-order valence-corrected chi connectivity index (χ4v) is 1.43. The zero-order valence-electron chi connectivity index (χ0n) is 11.9. The maximum Gasteiger partial charge on any atom is -0.00259 e. The topological polar surface area (TPSA) is 0 Å². The summed E-state index contributed by atoms with van der Waals surface area (Å²) in [5.74, 6) is 0.365. The molecule has 19 heavy (non-hydrogen) atoms. The molecular weight excluding hydrogens is 228 g/mol. The van der Waals surface area contributed by atoms with Crippen molar-refractivity contribution in [2.75, 3.05) is 0 Å². The highest BCUT2D eigenvalue weighted by Gasteiger charge is 1.97. The normalized spacial score (nSPS) is 14.6. The average Bonchev–Trinajstić information content (AvgIpc) is 2.42. The molecule has 0 spiro atoms. The molecule has 0 N–H and O–H groups in total. The van der Waals surface area contributed by atoms with Crippen molar-refractivity contribution in [1.29, 1.82) is 0 Å². The molecule has 0 nitrogen and oxygen atoms in total. The van der Waals surface area contributed by atoms with Crippen molar-refractivity contribution in [2.45, 2.75) is 13.3 Å². The summed E-state index contributed by atoms with van der Waals surface area (Å²) in [6, 6.07) is 0. The van der Waals surface area contributed by atoms with Gasteiger partial charge in [0.2, 0.25) is 0 Å². The van der Waals surface area contributed by atoms with Gasteiger partial charge in [-0.3, -0.25) is 0 Å². The van der Waals surface area contributed by atoms with Crippen molar-refractivity contribution in [3.8, 4) is 0 Å². The quantitative estimate of drug-likeness (QED) is 0.363. The molecule has 0 aliphatic rings. The molecule has 0 aliphatic carbocycles. The molecule has 0 aromatic heterocycles. The van der Waals surface area contributed by atoms with E-state index in [0.717, 1.165) is 6.42 Å². The first-order valence-electron chi connectivity index (χ1n) is 6.41. The van der Waals surface area contributed by atoms with Crippen LogP contribution in [-0.4, -0.2) is 0 Å². The summed E-state index contributed by atoms with van der Waals surface area (Å²) in [5.41, 5.74) is 2.38. The summed E-state index contributed by atoms with van der Waals surface area (Å²) in [5, 5.41) is 0. The Balaban J connectivity index is 5.00. The van der Waals surface area contributed by atoms with Gasteiger partial charge in [-0.15, -0.1) is 6.58 Å². The van der Waals surface area contributed by atoms with Gasteiger partial charge in [0.1, 0.15) is 0 Å². The van der Waals surface area contributed by atoms with Gasteiger partial charge in [-0.05, 0) is 23.5 Å². The minimum Gasteiger partial charge on any atom is -0.102 e. The molecule has 0 bridgehead atoms. The van der Waals surface area contributed by atoms with Gasteiger partial charge in [-0.2, -0.15) is 0 Å². The lowest BCUT2D eigenvalue weighted by Crippen LogP contribution is -1.86. The van der Waals surface area contributed by atoms with Crippen LogP contribution in [0.15, 0.2) is 98.2 Å². The van der Waals surface area contributed by atoms with Crippen LogP contribution in [0.5, 0.6) is 0 Å². The van der Waals surface area contributed by atoms with Crippen LogP contribution in [0.3, 0.4) is 0 Å². The van der Waals surface area contributed by atoms with Crippen LogP contribution in [0, 0.1) is 5.92 Å². The van der Waals surface area contributed by atoms with Crippen LogP contribution in [0.1, 0.15) is 13.3 Å². The smallest absolute Gasteiger partial charge is 0.00259 e. The maximum absolute atomic E-state index is 3.78.